The molecule has 6 saturated heterocycles. The van der Waals surface area contributed by atoms with Gasteiger partial charge in [-0.05, 0) is 142 Å². The van der Waals surface area contributed by atoms with E-state index in [2.05, 4.69) is 5.16 Å². The Morgan fingerprint density at radius 1 is 0.505 bits per heavy atom. The van der Waals surface area contributed by atoms with Crippen molar-refractivity contribution in [1.29, 1.82) is 0 Å². The average Bonchev–Trinajstić information content (AvgIpc) is 0.780. The summed E-state index contributed by atoms with van der Waals surface area (Å²) in [6.07, 6.45) is -20.1. The fourth-order valence-corrected chi connectivity index (χ4v) is 18.1. The minimum Gasteiger partial charge on any atom is -0.459 e. The number of oxime groups is 1. The molecule has 0 radical (unpaired) electrons. The highest BCUT2D eigenvalue weighted by atomic mass is 16.8. The molecule has 16 unspecified atom stereocenters. The van der Waals surface area contributed by atoms with Gasteiger partial charge in [0.2, 0.25) is 6.79 Å². The second-order valence-corrected chi connectivity index (χ2v) is 34.9. The van der Waals surface area contributed by atoms with Crippen molar-refractivity contribution in [2.24, 2.45) is 52.5 Å². The predicted octanol–water partition coefficient (Wildman–Crippen LogP) is 4.10. The smallest absolute Gasteiger partial charge is 0.311 e. The number of aliphatic hydroxyl groups is 11. The zero-order valence-corrected chi connectivity index (χ0v) is 70.9. The summed E-state index contributed by atoms with van der Waals surface area (Å²) >= 11 is 0. The van der Waals surface area contributed by atoms with Gasteiger partial charge in [-0.3, -0.25) is 19.4 Å². The Morgan fingerprint density at radius 3 is 1.31 bits per heavy atom. The molecule has 6 aliphatic heterocycles. The van der Waals surface area contributed by atoms with E-state index in [1.165, 1.54) is 42.1 Å². The van der Waals surface area contributed by atoms with E-state index >= 15 is 0 Å². The largest absolute Gasteiger partial charge is 0.459 e. The Balaban J connectivity index is 1.29. The molecule has 0 bridgehead atoms. The van der Waals surface area contributed by atoms with Gasteiger partial charge in [0.1, 0.15) is 47.8 Å². The molecule has 0 aromatic rings. The third-order valence-electron chi connectivity index (χ3n) is 25.4. The molecule has 648 valence electrons. The number of hydrogen-bond donors (Lipinski definition) is 11. The van der Waals surface area contributed by atoms with Crippen molar-refractivity contribution in [2.45, 2.75) is 364 Å². The number of rotatable bonds is 24. The lowest BCUT2D eigenvalue weighted by Gasteiger charge is -2.49. The van der Waals surface area contributed by atoms with Crippen molar-refractivity contribution < 1.29 is 137 Å². The van der Waals surface area contributed by atoms with E-state index in [0.717, 1.165) is 0 Å². The van der Waals surface area contributed by atoms with Crippen LogP contribution in [0, 0.1) is 47.3 Å². The molecule has 31 nitrogen and oxygen atoms in total. The van der Waals surface area contributed by atoms with Gasteiger partial charge in [0.15, 0.2) is 25.2 Å². The van der Waals surface area contributed by atoms with Crippen molar-refractivity contribution in [1.82, 2.24) is 9.80 Å². The van der Waals surface area contributed by atoms with Crippen LogP contribution in [0.15, 0.2) is 17.3 Å². The van der Waals surface area contributed by atoms with Gasteiger partial charge in [-0.1, -0.05) is 72.7 Å². The topological polar surface area (TPSA) is 414 Å². The molecule has 0 spiro atoms. The zero-order valence-electron chi connectivity index (χ0n) is 70.9. The molecule has 0 aliphatic carbocycles. The summed E-state index contributed by atoms with van der Waals surface area (Å²) in [5.74, 6) is -9.39. The minimum atomic E-state index is -2.06. The Bertz CT molecular complexity index is 2920. The summed E-state index contributed by atoms with van der Waals surface area (Å²) in [6, 6.07) is -1.21. The van der Waals surface area contributed by atoms with Crippen LogP contribution in [0.1, 0.15) is 190 Å². The molecule has 0 amide bonds. The number of carbonyl (C=O) groups excluding carboxylic acids is 2. The first-order valence-corrected chi connectivity index (χ1v) is 40.3. The van der Waals surface area contributed by atoms with Crippen LogP contribution >= 0.6 is 0 Å². The number of likely N-dealkylation sites (N-methyl/N-ethyl adjacent to an activating group) is 2. The molecule has 11 N–H and O–H groups in total. The summed E-state index contributed by atoms with van der Waals surface area (Å²) < 4.78 is 87.8. The highest BCUT2D eigenvalue weighted by Crippen LogP contribution is 2.45. The maximum absolute atomic E-state index is 14.8. The van der Waals surface area contributed by atoms with Crippen LogP contribution in [0.2, 0.25) is 0 Å². The van der Waals surface area contributed by atoms with Gasteiger partial charge in [-0.15, -0.1) is 0 Å². The van der Waals surface area contributed by atoms with Crippen LogP contribution in [0.25, 0.3) is 0 Å². The van der Waals surface area contributed by atoms with E-state index in [4.69, 9.17) is 71.2 Å². The normalized spacial score (nSPS) is 47.9. The predicted molar refractivity (Wildman–Crippen MR) is 407 cm³/mol. The van der Waals surface area contributed by atoms with Crippen molar-refractivity contribution in [2.75, 3.05) is 68.5 Å². The van der Waals surface area contributed by atoms with Crippen molar-refractivity contribution in [3.63, 3.8) is 0 Å². The first-order valence-electron chi connectivity index (χ1n) is 40.3. The van der Waals surface area contributed by atoms with E-state index in [1.54, 1.807) is 104 Å². The fourth-order valence-electron chi connectivity index (χ4n) is 18.1. The molecule has 31 heteroatoms. The van der Waals surface area contributed by atoms with Crippen molar-refractivity contribution in [3.8, 4) is 0 Å². The molecule has 6 heterocycles. The lowest BCUT2D eigenvalue weighted by molar-refractivity contribution is -0.318. The van der Waals surface area contributed by atoms with Crippen LogP contribution < -0.4 is 0 Å². The SMILES string of the molecule is CC[C@H]1OC(=O)[C@H](C)[C@@H](OC2CC(C)(OC)C(O)C(C)O2)[C@H](C)[C@@H](OC2OC(C)CC(N(C)C/C=C/CN(C)C3CC(C)OC(O[C@@H]4[C@@H](C)[C@H](OC5CC(C)(OC)C(O)C(C)O5)[C@@H](C)C(=O)O[C@H](CC)[C@@](C)(O)[C@H](O)[C@@H](C)/C(=N/OCOCCOC)[C@H](C)C[C@]4(C)O)C3O)C2O)[C@@](C)(O)C[C@@H](C)[C@H](O)[C@H](C)[C@@H](O)[C@]1(C)O. The van der Waals surface area contributed by atoms with Gasteiger partial charge < -0.3 is 127 Å². The Labute approximate surface area is 659 Å². The monoisotopic (exact) mass is 1600 g/mol. The molecular formula is C80H145N3O28. The molecule has 0 saturated carbocycles. The van der Waals surface area contributed by atoms with Gasteiger partial charge in [0.25, 0.3) is 0 Å². The van der Waals surface area contributed by atoms with E-state index in [1.807, 2.05) is 49.9 Å². The first-order chi connectivity index (χ1) is 51.6. The Kier molecular flexibility index (Phi) is 35.6. The van der Waals surface area contributed by atoms with Gasteiger partial charge in [-0.2, -0.15) is 0 Å². The highest BCUT2D eigenvalue weighted by Gasteiger charge is 2.57. The molecule has 6 fully saturated rings. The maximum atomic E-state index is 14.8. The number of nitrogens with zero attached hydrogens (tertiary/aromatic N) is 3. The standard InChI is InChI=1S/C80H145N3O28/c1-26-55-79(19,95)65(87)45(7)59(81-101-40-100-33-32-97-23)41(3)36-75(15,93)69(47(9)63(49(11)71(91)106-55)108-57-38-77(17,98-24)67(89)51(13)104-57)110-73-61(85)53(34-43(5)102-73)82(21)30-28-29-31-83(22)54-35-44(6)103-74(62(54)86)111-70-48(10)64(109-58-39-78(18,99-25)68(90)52(14)105-58)50(12)72(92)107-56(27-2)80(20,96)66(88)46(8)60(84)42(4)37-76(70,16)94/h28-29,41-58,60-70,73-74,84-90,93-96H,26-27,30-40H2,1-25H3/b29-28+,81-59+/t41-,42-,43?,44?,45+,46+,47+,48+,49-,50-,51?,52?,53?,54?,55-,56-,57?,58?,60+,61?,62?,63+,64+,65-,66-,67?,68?,69-,70-,73?,74?,75+,76+,77?,78?,79-,80-/m1/s1. The van der Waals surface area contributed by atoms with E-state index in [9.17, 15) is 65.8 Å². The number of aliphatic hydroxyl groups excluding tert-OH is 7. The van der Waals surface area contributed by atoms with Crippen LogP contribution in [-0.2, 0) is 80.7 Å². The Morgan fingerprint density at radius 2 is 0.910 bits per heavy atom. The van der Waals surface area contributed by atoms with Gasteiger partial charge in [0, 0.05) is 88.9 Å². The molecule has 0 aromatic carbocycles. The van der Waals surface area contributed by atoms with Gasteiger partial charge in [0.05, 0.1) is 120 Å². The summed E-state index contributed by atoms with van der Waals surface area (Å²) in [5, 5.41) is 139. The molecule has 6 aliphatic rings. The molecular weight excluding hydrogens is 1450 g/mol. The first kappa shape index (κ1) is 97.0. The van der Waals surface area contributed by atoms with Crippen LogP contribution in [0.3, 0.4) is 0 Å². The summed E-state index contributed by atoms with van der Waals surface area (Å²) in [7, 11) is 8.16. The highest BCUT2D eigenvalue weighted by molar-refractivity contribution is 5.89. The fraction of sp³-hybridized carbons (Fsp3) is 0.938. The number of esters is 2. The number of ether oxygens (including phenoxy) is 14. The average molecular weight is 1600 g/mol. The Hall–Kier alpha value is -2.85. The lowest BCUT2D eigenvalue weighted by Crippen LogP contribution is -2.61. The maximum Gasteiger partial charge on any atom is 0.311 e. The number of carbonyl (C=O) groups is 2. The summed E-state index contributed by atoms with van der Waals surface area (Å²) in [6.45, 7) is 33.8. The van der Waals surface area contributed by atoms with Crippen molar-refractivity contribution >= 4 is 17.7 Å². The second kappa shape index (κ2) is 40.7. The number of hydrogen-bond acceptors (Lipinski definition) is 31. The third kappa shape index (κ3) is 23.2. The van der Waals surface area contributed by atoms with Crippen molar-refractivity contribution in [3.05, 3.63) is 12.2 Å². The van der Waals surface area contributed by atoms with Gasteiger partial charge in [-0.25, -0.2) is 0 Å². The second-order valence-electron chi connectivity index (χ2n) is 34.9. The molecule has 0 aromatic heterocycles. The summed E-state index contributed by atoms with van der Waals surface area (Å²) in [4.78, 5) is 39.1. The van der Waals surface area contributed by atoms with E-state index in [0.29, 0.717) is 25.9 Å². The number of cyclic esters (lactones) is 2. The van der Waals surface area contributed by atoms with Gasteiger partial charge >= 0.3 is 11.9 Å². The molecule has 37 atom stereocenters. The van der Waals surface area contributed by atoms with E-state index in [-0.39, 0.29) is 64.2 Å². The minimum absolute atomic E-state index is 0.0119. The summed E-state index contributed by atoms with van der Waals surface area (Å²) in [5.41, 5.74) is -10.00. The zero-order chi connectivity index (χ0) is 83.7. The number of methoxy groups -OCH3 is 3. The van der Waals surface area contributed by atoms with Crippen LogP contribution in [0.4, 0.5) is 0 Å². The third-order valence-corrected chi connectivity index (χ3v) is 25.4. The van der Waals surface area contributed by atoms with Crippen LogP contribution in [-0.4, -0.2) is 327 Å². The molecule has 111 heavy (non-hydrogen) atoms. The molecule has 6 rings (SSSR count). The van der Waals surface area contributed by atoms with E-state index < -0.39 is 234 Å². The van der Waals surface area contributed by atoms with Crippen LogP contribution in [0.5, 0.6) is 0 Å². The quantitative estimate of drug-likeness (QED) is 0.0213. The lowest BCUT2D eigenvalue weighted by atomic mass is 9.73.